The van der Waals surface area contributed by atoms with Gasteiger partial charge in [0.1, 0.15) is 0 Å². The van der Waals surface area contributed by atoms with E-state index in [1.54, 1.807) is 0 Å². The highest BCUT2D eigenvalue weighted by Crippen LogP contribution is 2.55. The molecule has 0 aromatic heterocycles. The second-order valence-corrected chi connectivity index (χ2v) is 6.68. The molecule has 1 heterocycles. The summed E-state index contributed by atoms with van der Waals surface area (Å²) < 4.78 is 0. The molecule has 17 heavy (non-hydrogen) atoms. The summed E-state index contributed by atoms with van der Waals surface area (Å²) in [7, 11) is 4.52. The van der Waals surface area contributed by atoms with Crippen LogP contribution in [0, 0.1) is 5.41 Å². The van der Waals surface area contributed by atoms with E-state index in [1.807, 2.05) is 0 Å². The molecule has 1 unspecified atom stereocenters. The third kappa shape index (κ3) is 2.25. The SMILES string of the molecule is CN1CCC(N(C)C(C)(CN)C2(C)CC2)CC1. The van der Waals surface area contributed by atoms with E-state index >= 15 is 0 Å². The van der Waals surface area contributed by atoms with Gasteiger partial charge in [0.05, 0.1) is 0 Å². The Morgan fingerprint density at radius 1 is 1.35 bits per heavy atom. The molecule has 2 fully saturated rings. The molecule has 1 saturated carbocycles. The summed E-state index contributed by atoms with van der Waals surface area (Å²) in [5.41, 5.74) is 6.76. The van der Waals surface area contributed by atoms with Gasteiger partial charge in [0.2, 0.25) is 0 Å². The minimum atomic E-state index is 0.188. The van der Waals surface area contributed by atoms with Crippen LogP contribution in [-0.4, -0.2) is 55.1 Å². The maximum absolute atomic E-state index is 6.12. The van der Waals surface area contributed by atoms with Crippen LogP contribution in [0.1, 0.15) is 39.5 Å². The number of hydrogen-bond donors (Lipinski definition) is 1. The third-order valence-corrected chi connectivity index (χ3v) is 5.71. The van der Waals surface area contributed by atoms with Gasteiger partial charge in [-0.2, -0.15) is 0 Å². The van der Waals surface area contributed by atoms with Crippen molar-refractivity contribution in [2.75, 3.05) is 33.7 Å². The molecule has 100 valence electrons. The van der Waals surface area contributed by atoms with Gasteiger partial charge in [0.15, 0.2) is 0 Å². The van der Waals surface area contributed by atoms with Crippen LogP contribution in [0.4, 0.5) is 0 Å². The van der Waals surface area contributed by atoms with E-state index < -0.39 is 0 Å². The number of nitrogens with zero attached hydrogens (tertiary/aromatic N) is 2. The third-order valence-electron chi connectivity index (χ3n) is 5.71. The van der Waals surface area contributed by atoms with Crippen LogP contribution in [0.5, 0.6) is 0 Å². The Hall–Kier alpha value is -0.120. The van der Waals surface area contributed by atoms with E-state index in [9.17, 15) is 0 Å². The molecule has 1 aliphatic heterocycles. The summed E-state index contributed by atoms with van der Waals surface area (Å²) in [6, 6.07) is 0.720. The summed E-state index contributed by atoms with van der Waals surface area (Å²) in [6.07, 6.45) is 5.27. The van der Waals surface area contributed by atoms with Crippen molar-refractivity contribution in [2.24, 2.45) is 11.1 Å². The summed E-state index contributed by atoms with van der Waals surface area (Å²) in [4.78, 5) is 5.04. The van der Waals surface area contributed by atoms with Gasteiger partial charge in [0, 0.05) is 18.1 Å². The van der Waals surface area contributed by atoms with Crippen molar-refractivity contribution in [2.45, 2.75) is 51.1 Å². The molecule has 2 N–H and O–H groups in total. The van der Waals surface area contributed by atoms with Crippen LogP contribution >= 0.6 is 0 Å². The molecular formula is C14H29N3. The van der Waals surface area contributed by atoms with Gasteiger partial charge in [0.25, 0.3) is 0 Å². The first-order valence-electron chi connectivity index (χ1n) is 7.04. The standard InChI is InChI=1S/C14H29N3/c1-13(7-8-13)14(2,11-15)17(4)12-5-9-16(3)10-6-12/h12H,5-11,15H2,1-4H3. The fourth-order valence-electron chi connectivity index (χ4n) is 3.33. The first-order valence-corrected chi connectivity index (χ1v) is 7.04. The largest absolute Gasteiger partial charge is 0.329 e. The topological polar surface area (TPSA) is 32.5 Å². The zero-order chi connectivity index (χ0) is 12.7. The van der Waals surface area contributed by atoms with Gasteiger partial charge in [-0.3, -0.25) is 4.90 Å². The zero-order valence-electron chi connectivity index (χ0n) is 12.0. The molecule has 0 aromatic rings. The number of nitrogens with two attached hydrogens (primary N) is 1. The highest BCUT2D eigenvalue weighted by atomic mass is 15.2. The van der Waals surface area contributed by atoms with E-state index in [0.29, 0.717) is 5.41 Å². The van der Waals surface area contributed by atoms with Gasteiger partial charge in [-0.05, 0) is 65.2 Å². The Labute approximate surface area is 106 Å². The van der Waals surface area contributed by atoms with Crippen molar-refractivity contribution in [3.8, 4) is 0 Å². The summed E-state index contributed by atoms with van der Waals surface area (Å²) in [6.45, 7) is 8.02. The lowest BCUT2D eigenvalue weighted by Gasteiger charge is -2.49. The lowest BCUT2D eigenvalue weighted by molar-refractivity contribution is 0.0109. The van der Waals surface area contributed by atoms with Gasteiger partial charge in [-0.25, -0.2) is 0 Å². The summed E-state index contributed by atoms with van der Waals surface area (Å²) >= 11 is 0. The molecule has 2 rings (SSSR count). The Morgan fingerprint density at radius 3 is 2.29 bits per heavy atom. The molecule has 0 amide bonds. The van der Waals surface area contributed by atoms with E-state index in [1.165, 1.54) is 38.8 Å². The average molecular weight is 239 g/mol. The van der Waals surface area contributed by atoms with Crippen molar-refractivity contribution in [1.29, 1.82) is 0 Å². The molecule has 3 nitrogen and oxygen atoms in total. The Balaban J connectivity index is 2.04. The number of likely N-dealkylation sites (tertiary alicyclic amines) is 1. The van der Waals surface area contributed by atoms with Crippen molar-refractivity contribution in [3.63, 3.8) is 0 Å². The number of piperidine rings is 1. The van der Waals surface area contributed by atoms with E-state index in [4.69, 9.17) is 5.73 Å². The molecule has 1 atom stereocenters. The van der Waals surface area contributed by atoms with Crippen LogP contribution in [0.15, 0.2) is 0 Å². The monoisotopic (exact) mass is 239 g/mol. The minimum Gasteiger partial charge on any atom is -0.329 e. The van der Waals surface area contributed by atoms with Crippen LogP contribution < -0.4 is 5.73 Å². The predicted octanol–water partition coefficient (Wildman–Crippen LogP) is 1.53. The summed E-state index contributed by atoms with van der Waals surface area (Å²) in [5.74, 6) is 0. The van der Waals surface area contributed by atoms with E-state index in [2.05, 4.69) is 37.7 Å². The molecular weight excluding hydrogens is 210 g/mol. The molecule has 0 bridgehead atoms. The van der Waals surface area contributed by atoms with Crippen LogP contribution in [-0.2, 0) is 0 Å². The Kier molecular flexibility index (Phi) is 3.54. The van der Waals surface area contributed by atoms with Crippen LogP contribution in [0.2, 0.25) is 0 Å². The maximum Gasteiger partial charge on any atom is 0.0356 e. The van der Waals surface area contributed by atoms with E-state index in [-0.39, 0.29) is 5.54 Å². The minimum absolute atomic E-state index is 0.188. The maximum atomic E-state index is 6.12. The number of rotatable bonds is 4. The average Bonchev–Trinajstić information content (AvgIpc) is 3.08. The second kappa shape index (κ2) is 4.52. The molecule has 0 aromatic carbocycles. The van der Waals surface area contributed by atoms with Gasteiger partial charge in [-0.1, -0.05) is 6.92 Å². The highest BCUT2D eigenvalue weighted by molar-refractivity contribution is 5.10. The predicted molar refractivity (Wildman–Crippen MR) is 73.1 cm³/mol. The normalized spacial score (nSPS) is 29.3. The van der Waals surface area contributed by atoms with Gasteiger partial charge < -0.3 is 10.6 Å². The molecule has 0 radical (unpaired) electrons. The first-order chi connectivity index (χ1) is 7.93. The highest BCUT2D eigenvalue weighted by Gasteiger charge is 2.55. The van der Waals surface area contributed by atoms with Crippen LogP contribution in [0.3, 0.4) is 0 Å². The molecule has 1 aliphatic carbocycles. The molecule has 2 aliphatic rings. The van der Waals surface area contributed by atoms with Crippen LogP contribution in [0.25, 0.3) is 0 Å². The fourth-order valence-corrected chi connectivity index (χ4v) is 3.33. The number of likely N-dealkylation sites (N-methyl/N-ethyl adjacent to an activating group) is 1. The summed E-state index contributed by atoms with van der Waals surface area (Å²) in [5, 5.41) is 0. The van der Waals surface area contributed by atoms with E-state index in [0.717, 1.165) is 12.6 Å². The zero-order valence-corrected chi connectivity index (χ0v) is 12.0. The smallest absolute Gasteiger partial charge is 0.0356 e. The quantitative estimate of drug-likeness (QED) is 0.807. The fraction of sp³-hybridized carbons (Fsp3) is 1.00. The van der Waals surface area contributed by atoms with Crippen molar-refractivity contribution >= 4 is 0 Å². The molecule has 1 saturated heterocycles. The molecule has 3 heteroatoms. The second-order valence-electron chi connectivity index (χ2n) is 6.68. The first kappa shape index (κ1) is 13.3. The van der Waals surface area contributed by atoms with Crippen molar-refractivity contribution < 1.29 is 0 Å². The lowest BCUT2D eigenvalue weighted by Crippen LogP contribution is -2.60. The van der Waals surface area contributed by atoms with Crippen molar-refractivity contribution in [3.05, 3.63) is 0 Å². The molecule has 0 spiro atoms. The Morgan fingerprint density at radius 2 is 1.88 bits per heavy atom. The van der Waals surface area contributed by atoms with Crippen molar-refractivity contribution in [1.82, 2.24) is 9.80 Å². The van der Waals surface area contributed by atoms with Gasteiger partial charge >= 0.3 is 0 Å². The lowest BCUT2D eigenvalue weighted by atomic mass is 9.80. The number of hydrogen-bond acceptors (Lipinski definition) is 3. The van der Waals surface area contributed by atoms with Gasteiger partial charge in [-0.15, -0.1) is 0 Å². The Bertz CT molecular complexity index is 267.